The molecule has 2 aliphatic rings. The van der Waals surface area contributed by atoms with Gasteiger partial charge in [0.1, 0.15) is 0 Å². The minimum absolute atomic E-state index is 0.0232. The molecule has 1 N–H and O–H groups in total. The number of halogens is 2. The highest BCUT2D eigenvalue weighted by Gasteiger charge is 2.39. The maximum absolute atomic E-state index is 13.5. The monoisotopic (exact) mass is 338 g/mol. The first-order valence-electron chi connectivity index (χ1n) is 8.66. The molecule has 2 atom stereocenters. The molecule has 2 fully saturated rings. The van der Waals surface area contributed by atoms with Gasteiger partial charge in [-0.05, 0) is 44.7 Å². The first-order chi connectivity index (χ1) is 11.4. The highest BCUT2D eigenvalue weighted by molar-refractivity contribution is 5.79. The van der Waals surface area contributed by atoms with E-state index in [1.807, 2.05) is 19.1 Å². The maximum Gasteiger partial charge on any atom is 0.248 e. The van der Waals surface area contributed by atoms with Gasteiger partial charge in [-0.1, -0.05) is 0 Å². The number of carbonyl (C=O) groups excluding carboxylic acids is 1. The van der Waals surface area contributed by atoms with Gasteiger partial charge in [-0.15, -0.1) is 5.10 Å². The van der Waals surface area contributed by atoms with Crippen LogP contribution in [0, 0.1) is 12.8 Å². The Morgan fingerprint density at radius 1 is 1.29 bits per heavy atom. The van der Waals surface area contributed by atoms with Gasteiger partial charge in [-0.25, -0.2) is 8.78 Å². The van der Waals surface area contributed by atoms with Crippen LogP contribution in [-0.4, -0.2) is 41.2 Å². The smallest absolute Gasteiger partial charge is 0.248 e. The van der Waals surface area contributed by atoms with Crippen LogP contribution in [-0.2, 0) is 4.79 Å². The summed E-state index contributed by atoms with van der Waals surface area (Å²) in [5, 5.41) is 11.2. The van der Waals surface area contributed by atoms with Gasteiger partial charge in [0.25, 0.3) is 0 Å². The lowest BCUT2D eigenvalue weighted by atomic mass is 9.85. The van der Waals surface area contributed by atoms with E-state index in [0.717, 1.165) is 30.9 Å². The van der Waals surface area contributed by atoms with Crippen LogP contribution in [0.4, 0.5) is 14.6 Å². The number of hydrogen-bond donors (Lipinski definition) is 1. The molecule has 2 heterocycles. The van der Waals surface area contributed by atoms with Gasteiger partial charge >= 0.3 is 0 Å². The molecule has 1 aliphatic heterocycles. The van der Waals surface area contributed by atoms with E-state index in [4.69, 9.17) is 0 Å². The number of amides is 1. The van der Waals surface area contributed by atoms with Crippen molar-refractivity contribution in [2.75, 3.05) is 18.0 Å². The van der Waals surface area contributed by atoms with E-state index in [-0.39, 0.29) is 24.8 Å². The van der Waals surface area contributed by atoms with Crippen LogP contribution < -0.4 is 10.2 Å². The quantitative estimate of drug-likeness (QED) is 0.921. The van der Waals surface area contributed by atoms with Crippen LogP contribution >= 0.6 is 0 Å². The van der Waals surface area contributed by atoms with E-state index in [0.29, 0.717) is 19.4 Å². The minimum Gasteiger partial charge on any atom is -0.353 e. The van der Waals surface area contributed by atoms with E-state index in [9.17, 15) is 13.6 Å². The standard InChI is InChI=1S/C17H24F2N4O/c1-12-6-7-15(22-21-12)23-9-3-5-14(11-23)20-16(24)13-4-2-8-17(18,19)10-13/h6-7,13-14H,2-5,8-11H2,1H3,(H,20,24)/t13-,14-/m0/s1. The maximum atomic E-state index is 13.5. The Balaban J connectivity index is 1.57. The number of nitrogens with zero attached hydrogens (tertiary/aromatic N) is 3. The first kappa shape index (κ1) is 17.0. The summed E-state index contributed by atoms with van der Waals surface area (Å²) in [5.74, 6) is -2.70. The fourth-order valence-corrected chi connectivity index (χ4v) is 3.58. The average molecular weight is 338 g/mol. The van der Waals surface area contributed by atoms with Crippen LogP contribution in [0.2, 0.25) is 0 Å². The predicted molar refractivity (Wildman–Crippen MR) is 87.1 cm³/mol. The van der Waals surface area contributed by atoms with Crippen molar-refractivity contribution in [3.8, 4) is 0 Å². The molecule has 1 aromatic rings. The van der Waals surface area contributed by atoms with E-state index >= 15 is 0 Å². The van der Waals surface area contributed by atoms with Crippen molar-refractivity contribution in [2.24, 2.45) is 5.92 Å². The number of alkyl halides is 2. The fraction of sp³-hybridized carbons (Fsp3) is 0.706. The normalized spacial score (nSPS) is 26.9. The Morgan fingerprint density at radius 2 is 2.12 bits per heavy atom. The summed E-state index contributed by atoms with van der Waals surface area (Å²) in [4.78, 5) is 14.4. The summed E-state index contributed by atoms with van der Waals surface area (Å²) in [5.41, 5.74) is 0.860. The molecule has 0 aromatic carbocycles. The van der Waals surface area contributed by atoms with Crippen LogP contribution in [0.1, 0.15) is 44.2 Å². The van der Waals surface area contributed by atoms with Gasteiger partial charge in [0.15, 0.2) is 5.82 Å². The number of hydrogen-bond acceptors (Lipinski definition) is 4. The number of anilines is 1. The van der Waals surface area contributed by atoms with E-state index in [1.165, 1.54) is 0 Å². The Morgan fingerprint density at radius 3 is 2.83 bits per heavy atom. The molecule has 1 saturated heterocycles. The second-order valence-electron chi connectivity index (χ2n) is 6.98. The zero-order valence-corrected chi connectivity index (χ0v) is 14.0. The Bertz CT molecular complexity index is 578. The van der Waals surface area contributed by atoms with E-state index < -0.39 is 11.8 Å². The van der Waals surface area contributed by atoms with Crippen molar-refractivity contribution in [1.29, 1.82) is 0 Å². The lowest BCUT2D eigenvalue weighted by Crippen LogP contribution is -2.50. The number of aryl methyl sites for hydroxylation is 1. The van der Waals surface area contributed by atoms with E-state index in [1.54, 1.807) is 0 Å². The van der Waals surface area contributed by atoms with Crippen LogP contribution in [0.25, 0.3) is 0 Å². The fourth-order valence-electron chi connectivity index (χ4n) is 3.58. The summed E-state index contributed by atoms with van der Waals surface area (Å²) >= 11 is 0. The summed E-state index contributed by atoms with van der Waals surface area (Å²) in [7, 11) is 0. The van der Waals surface area contributed by atoms with Crippen molar-refractivity contribution in [2.45, 2.75) is 57.4 Å². The summed E-state index contributed by atoms with van der Waals surface area (Å²) in [6.45, 7) is 3.40. The molecule has 1 amide bonds. The lowest BCUT2D eigenvalue weighted by molar-refractivity contribution is -0.133. The Hall–Kier alpha value is -1.79. The van der Waals surface area contributed by atoms with E-state index in [2.05, 4.69) is 20.4 Å². The molecular formula is C17H24F2N4O. The third-order valence-electron chi connectivity index (χ3n) is 4.89. The molecule has 132 valence electrons. The molecule has 0 spiro atoms. The van der Waals surface area contributed by atoms with Crippen LogP contribution in [0.5, 0.6) is 0 Å². The highest BCUT2D eigenvalue weighted by atomic mass is 19.3. The second kappa shape index (κ2) is 6.99. The molecule has 0 radical (unpaired) electrons. The van der Waals surface area contributed by atoms with Crippen molar-refractivity contribution >= 4 is 11.7 Å². The number of nitrogens with one attached hydrogen (secondary N) is 1. The summed E-state index contributed by atoms with van der Waals surface area (Å²) in [6, 6.07) is 3.81. The minimum atomic E-state index is -2.70. The molecule has 5 nitrogen and oxygen atoms in total. The zero-order chi connectivity index (χ0) is 17.2. The van der Waals surface area contributed by atoms with Gasteiger partial charge in [-0.2, -0.15) is 5.10 Å². The third-order valence-corrected chi connectivity index (χ3v) is 4.89. The van der Waals surface area contributed by atoms with Crippen molar-refractivity contribution in [3.05, 3.63) is 17.8 Å². The predicted octanol–water partition coefficient (Wildman–Crippen LogP) is 2.70. The van der Waals surface area contributed by atoms with Gasteiger partial charge in [0.2, 0.25) is 11.8 Å². The van der Waals surface area contributed by atoms with Crippen molar-refractivity contribution in [3.63, 3.8) is 0 Å². The Labute approximate surface area is 140 Å². The molecule has 7 heteroatoms. The molecule has 0 unspecified atom stereocenters. The summed E-state index contributed by atoms with van der Waals surface area (Å²) in [6.07, 6.45) is 2.35. The summed E-state index contributed by atoms with van der Waals surface area (Å²) < 4.78 is 27.0. The number of rotatable bonds is 3. The topological polar surface area (TPSA) is 58.1 Å². The Kier molecular flexibility index (Phi) is 4.96. The molecule has 3 rings (SSSR count). The number of piperidine rings is 1. The first-order valence-corrected chi connectivity index (χ1v) is 8.66. The highest BCUT2D eigenvalue weighted by Crippen LogP contribution is 2.36. The average Bonchev–Trinajstić information content (AvgIpc) is 2.55. The number of aromatic nitrogens is 2. The molecule has 1 aliphatic carbocycles. The van der Waals surface area contributed by atoms with Gasteiger partial charge in [0, 0.05) is 37.9 Å². The largest absolute Gasteiger partial charge is 0.353 e. The molecule has 1 saturated carbocycles. The van der Waals surface area contributed by atoms with Crippen LogP contribution in [0.3, 0.4) is 0 Å². The molecular weight excluding hydrogens is 314 g/mol. The second-order valence-corrected chi connectivity index (χ2v) is 6.98. The third kappa shape index (κ3) is 4.19. The lowest BCUT2D eigenvalue weighted by Gasteiger charge is -2.35. The van der Waals surface area contributed by atoms with Gasteiger partial charge in [-0.3, -0.25) is 4.79 Å². The molecule has 24 heavy (non-hydrogen) atoms. The van der Waals surface area contributed by atoms with Crippen molar-refractivity contribution in [1.82, 2.24) is 15.5 Å². The molecule has 1 aromatic heterocycles. The SMILES string of the molecule is Cc1ccc(N2CCC[C@H](NC(=O)[C@H]3CCCC(F)(F)C3)C2)nn1. The van der Waals surface area contributed by atoms with Gasteiger partial charge < -0.3 is 10.2 Å². The van der Waals surface area contributed by atoms with Gasteiger partial charge in [0.05, 0.1) is 5.69 Å². The molecule has 0 bridgehead atoms. The van der Waals surface area contributed by atoms with Crippen molar-refractivity contribution < 1.29 is 13.6 Å². The van der Waals surface area contributed by atoms with Crippen LogP contribution in [0.15, 0.2) is 12.1 Å². The number of carbonyl (C=O) groups is 1. The zero-order valence-electron chi connectivity index (χ0n) is 14.0.